The first-order chi connectivity index (χ1) is 16.3. The Labute approximate surface area is 197 Å². The van der Waals surface area contributed by atoms with Gasteiger partial charge in [-0.1, -0.05) is 31.4 Å². The Balaban J connectivity index is 1.40. The van der Waals surface area contributed by atoms with Gasteiger partial charge in [0.2, 0.25) is 0 Å². The van der Waals surface area contributed by atoms with E-state index in [-0.39, 0.29) is 40.4 Å². The number of carbonyl (C=O) groups is 4. The van der Waals surface area contributed by atoms with Crippen molar-refractivity contribution < 1.29 is 28.3 Å². The zero-order valence-corrected chi connectivity index (χ0v) is 19.2. The number of rotatable bonds is 6. The number of ether oxygens (including phenoxy) is 1. The molecule has 2 aliphatic rings. The Morgan fingerprint density at radius 3 is 2.29 bits per heavy atom. The molecule has 1 heterocycles. The van der Waals surface area contributed by atoms with Gasteiger partial charge >= 0.3 is 5.97 Å². The molecule has 1 fully saturated rings. The maximum atomic E-state index is 13.1. The normalized spacial score (nSPS) is 17.8. The number of amides is 3. The Kier molecular flexibility index (Phi) is 6.77. The first kappa shape index (κ1) is 23.6. The molecule has 1 aliphatic heterocycles. The number of fused-ring (bicyclic) bond motifs is 1. The Morgan fingerprint density at radius 1 is 0.971 bits per heavy atom. The minimum Gasteiger partial charge on any atom is -0.449 e. The van der Waals surface area contributed by atoms with E-state index in [0.717, 1.165) is 32.1 Å². The Hall–Kier alpha value is -3.55. The summed E-state index contributed by atoms with van der Waals surface area (Å²) in [6.45, 7) is 3.18. The fraction of sp³-hybridized carbons (Fsp3) is 0.385. The van der Waals surface area contributed by atoms with Crippen LogP contribution in [0.15, 0.2) is 42.5 Å². The van der Waals surface area contributed by atoms with Crippen molar-refractivity contribution in [3.63, 3.8) is 0 Å². The van der Waals surface area contributed by atoms with Gasteiger partial charge in [-0.15, -0.1) is 0 Å². The average molecular weight is 467 g/mol. The summed E-state index contributed by atoms with van der Waals surface area (Å²) in [7, 11) is 0. The van der Waals surface area contributed by atoms with Crippen molar-refractivity contribution in [1.29, 1.82) is 0 Å². The lowest BCUT2D eigenvalue weighted by atomic mass is 9.94. The minimum atomic E-state index is -1.10. The summed E-state index contributed by atoms with van der Waals surface area (Å²) in [5.41, 5.74) is 1.27. The summed E-state index contributed by atoms with van der Waals surface area (Å²) in [6.07, 6.45) is 3.56. The van der Waals surface area contributed by atoms with Crippen molar-refractivity contribution in [1.82, 2.24) is 10.2 Å². The highest BCUT2D eigenvalue weighted by Gasteiger charge is 2.40. The van der Waals surface area contributed by atoms with E-state index in [1.807, 2.05) is 0 Å². The number of nitrogens with zero attached hydrogens (tertiary/aromatic N) is 1. The molecule has 34 heavy (non-hydrogen) atoms. The SMILES string of the molecule is CC(OC(=O)c1ccc2c(c1)C(=O)N(C1CCCCC1)C2=O)C(=O)NC(C)c1ccc(F)cc1. The van der Waals surface area contributed by atoms with Crippen LogP contribution < -0.4 is 5.32 Å². The summed E-state index contributed by atoms with van der Waals surface area (Å²) in [6, 6.07) is 9.48. The number of hydrogen-bond acceptors (Lipinski definition) is 5. The van der Waals surface area contributed by atoms with Gasteiger partial charge in [-0.05, 0) is 62.6 Å². The van der Waals surface area contributed by atoms with Gasteiger partial charge < -0.3 is 10.1 Å². The van der Waals surface area contributed by atoms with Gasteiger partial charge in [0.15, 0.2) is 6.10 Å². The van der Waals surface area contributed by atoms with E-state index in [4.69, 9.17) is 4.74 Å². The van der Waals surface area contributed by atoms with Crippen LogP contribution in [-0.4, -0.2) is 40.7 Å². The number of carbonyl (C=O) groups excluding carboxylic acids is 4. The molecule has 0 radical (unpaired) electrons. The summed E-state index contributed by atoms with van der Waals surface area (Å²) in [5, 5.41) is 2.72. The number of imide groups is 1. The molecular formula is C26H27FN2O5. The van der Waals surface area contributed by atoms with Crippen LogP contribution >= 0.6 is 0 Å². The average Bonchev–Trinajstić information content (AvgIpc) is 3.09. The fourth-order valence-corrected chi connectivity index (χ4v) is 4.50. The molecule has 3 amide bonds. The van der Waals surface area contributed by atoms with E-state index in [2.05, 4.69) is 5.32 Å². The maximum Gasteiger partial charge on any atom is 0.338 e. The molecule has 178 valence electrons. The van der Waals surface area contributed by atoms with Gasteiger partial charge in [-0.25, -0.2) is 9.18 Å². The fourth-order valence-electron chi connectivity index (χ4n) is 4.50. The van der Waals surface area contributed by atoms with Gasteiger partial charge in [0, 0.05) is 6.04 Å². The smallest absolute Gasteiger partial charge is 0.338 e. The predicted molar refractivity (Wildman–Crippen MR) is 122 cm³/mol. The highest BCUT2D eigenvalue weighted by atomic mass is 19.1. The first-order valence-electron chi connectivity index (χ1n) is 11.5. The predicted octanol–water partition coefficient (Wildman–Crippen LogP) is 4.18. The van der Waals surface area contributed by atoms with Crippen LogP contribution in [0.2, 0.25) is 0 Å². The molecule has 8 heteroatoms. The van der Waals surface area contributed by atoms with Crippen LogP contribution in [0.4, 0.5) is 4.39 Å². The van der Waals surface area contributed by atoms with E-state index in [9.17, 15) is 23.6 Å². The number of halogens is 1. The summed E-state index contributed by atoms with van der Waals surface area (Å²) in [4.78, 5) is 52.3. The third kappa shape index (κ3) is 4.71. The van der Waals surface area contributed by atoms with Crippen LogP contribution in [0.3, 0.4) is 0 Å². The number of nitrogens with one attached hydrogen (secondary N) is 1. The van der Waals surface area contributed by atoms with Gasteiger partial charge in [-0.2, -0.15) is 0 Å². The molecule has 2 atom stereocenters. The van der Waals surface area contributed by atoms with Crippen LogP contribution in [0, 0.1) is 5.82 Å². The van der Waals surface area contributed by atoms with Crippen molar-refractivity contribution in [2.75, 3.05) is 0 Å². The second kappa shape index (κ2) is 9.75. The maximum absolute atomic E-state index is 13.1. The third-order valence-electron chi connectivity index (χ3n) is 6.48. The van der Waals surface area contributed by atoms with Crippen LogP contribution in [0.25, 0.3) is 0 Å². The van der Waals surface area contributed by atoms with Gasteiger partial charge in [0.25, 0.3) is 17.7 Å². The van der Waals surface area contributed by atoms with Gasteiger partial charge in [0.05, 0.1) is 22.7 Å². The van der Waals surface area contributed by atoms with Gasteiger partial charge in [-0.3, -0.25) is 19.3 Å². The zero-order chi connectivity index (χ0) is 24.4. The highest BCUT2D eigenvalue weighted by molar-refractivity contribution is 6.22. The molecule has 1 N–H and O–H groups in total. The summed E-state index contributed by atoms with van der Waals surface area (Å²) in [5.74, 6) is -2.37. The van der Waals surface area contributed by atoms with Crippen molar-refractivity contribution in [3.8, 4) is 0 Å². The molecule has 1 aliphatic carbocycles. The van der Waals surface area contributed by atoms with Crippen molar-refractivity contribution in [2.45, 2.75) is 64.1 Å². The lowest BCUT2D eigenvalue weighted by Crippen LogP contribution is -2.40. The molecule has 0 spiro atoms. The topological polar surface area (TPSA) is 92.8 Å². The van der Waals surface area contributed by atoms with Gasteiger partial charge in [0.1, 0.15) is 5.82 Å². The van der Waals surface area contributed by atoms with E-state index in [1.54, 1.807) is 19.1 Å². The van der Waals surface area contributed by atoms with Crippen LogP contribution in [0.5, 0.6) is 0 Å². The molecular weight excluding hydrogens is 439 g/mol. The lowest BCUT2D eigenvalue weighted by molar-refractivity contribution is -0.129. The summed E-state index contributed by atoms with van der Waals surface area (Å²) < 4.78 is 18.4. The first-order valence-corrected chi connectivity index (χ1v) is 11.5. The second-order valence-electron chi connectivity index (χ2n) is 8.86. The van der Waals surface area contributed by atoms with E-state index in [1.165, 1.54) is 42.2 Å². The van der Waals surface area contributed by atoms with E-state index in [0.29, 0.717) is 5.56 Å². The third-order valence-corrected chi connectivity index (χ3v) is 6.48. The van der Waals surface area contributed by atoms with E-state index >= 15 is 0 Å². The molecule has 0 bridgehead atoms. The standard InChI is InChI=1S/C26H27FN2O5/c1-15(17-8-11-19(27)12-9-17)28-23(30)16(2)34-26(33)18-10-13-21-22(14-18)25(32)29(24(21)31)20-6-4-3-5-7-20/h8-16,20H,3-7H2,1-2H3,(H,28,30). The molecule has 0 aromatic heterocycles. The quantitative estimate of drug-likeness (QED) is 0.509. The second-order valence-corrected chi connectivity index (χ2v) is 8.86. The number of esters is 1. The van der Waals surface area contributed by atoms with Crippen molar-refractivity contribution in [2.24, 2.45) is 0 Å². The summed E-state index contributed by atoms with van der Waals surface area (Å²) >= 11 is 0. The molecule has 7 nitrogen and oxygen atoms in total. The lowest BCUT2D eigenvalue weighted by Gasteiger charge is -2.29. The minimum absolute atomic E-state index is 0.0941. The molecule has 2 aromatic carbocycles. The van der Waals surface area contributed by atoms with E-state index < -0.39 is 24.0 Å². The molecule has 2 aromatic rings. The monoisotopic (exact) mass is 466 g/mol. The van der Waals surface area contributed by atoms with Crippen molar-refractivity contribution in [3.05, 3.63) is 70.5 Å². The highest BCUT2D eigenvalue weighted by Crippen LogP contribution is 2.31. The molecule has 4 rings (SSSR count). The van der Waals surface area contributed by atoms with Crippen molar-refractivity contribution >= 4 is 23.7 Å². The molecule has 2 unspecified atom stereocenters. The number of benzene rings is 2. The number of hydrogen-bond donors (Lipinski definition) is 1. The molecule has 1 saturated carbocycles. The Morgan fingerprint density at radius 2 is 1.62 bits per heavy atom. The Bertz CT molecular complexity index is 1120. The zero-order valence-electron chi connectivity index (χ0n) is 19.2. The molecule has 0 saturated heterocycles. The largest absolute Gasteiger partial charge is 0.449 e. The van der Waals surface area contributed by atoms with Crippen LogP contribution in [0.1, 0.15) is 88.6 Å². The van der Waals surface area contributed by atoms with Crippen LogP contribution in [-0.2, 0) is 9.53 Å².